The van der Waals surface area contributed by atoms with Gasteiger partial charge in [-0.05, 0) is 74.4 Å². The van der Waals surface area contributed by atoms with E-state index in [0.29, 0.717) is 24.3 Å². The zero-order valence-corrected chi connectivity index (χ0v) is 27.2. The number of aromatic nitrogens is 2. The highest BCUT2D eigenvalue weighted by Gasteiger charge is 2.51. The van der Waals surface area contributed by atoms with Crippen molar-refractivity contribution in [2.75, 3.05) is 50.0 Å². The fraction of sp³-hybridized carbons (Fsp3) is 0.500. The molecule has 0 radical (unpaired) electrons. The summed E-state index contributed by atoms with van der Waals surface area (Å²) in [7, 11) is 3.86. The molecular weight excluding hydrogens is 578 g/mol. The number of piperidine rings is 2. The monoisotopic (exact) mass is 623 g/mol. The Labute approximate surface area is 270 Å². The van der Waals surface area contributed by atoms with Crippen molar-refractivity contribution in [3.63, 3.8) is 0 Å². The molecular formula is C36H45N7O3. The zero-order valence-electron chi connectivity index (χ0n) is 27.2. The highest BCUT2D eigenvalue weighted by Crippen LogP contribution is 2.46. The van der Waals surface area contributed by atoms with Crippen molar-refractivity contribution in [3.05, 3.63) is 87.3 Å². The Morgan fingerprint density at radius 3 is 2.57 bits per heavy atom. The number of likely N-dealkylation sites (N-methyl/N-ethyl adjacent to an activating group) is 1. The second-order valence-corrected chi connectivity index (χ2v) is 14.0. The summed E-state index contributed by atoms with van der Waals surface area (Å²) in [6, 6.07) is 17.9. The fourth-order valence-electron chi connectivity index (χ4n) is 7.85. The van der Waals surface area contributed by atoms with E-state index < -0.39 is 0 Å². The Hall–Kier alpha value is -4.02. The Morgan fingerprint density at radius 1 is 1.00 bits per heavy atom. The number of carbonyl (C=O) groups excluding carboxylic acids is 2. The standard InChI is InChI=1S/C36H45N7O3/c1-24-32(19-37-41(3)35(24)46)38-29-17-28(21-40(2)22-29)26-9-7-25(8-10-26)20-43-16-15-42(23-36(43)13-14-36)30-6-4-5-27(18-30)31-11-12-33(44)39-34(31)45/h4-10,18-19,28-29,31,38H,11-17,20-23H2,1-3H3,(H,39,44,45). The van der Waals surface area contributed by atoms with Crippen molar-refractivity contribution in [2.24, 2.45) is 7.05 Å². The van der Waals surface area contributed by atoms with Crippen LogP contribution in [0.1, 0.15) is 66.2 Å². The molecule has 3 saturated heterocycles. The third-order valence-electron chi connectivity index (χ3n) is 10.7. The van der Waals surface area contributed by atoms with Crippen LogP contribution >= 0.6 is 0 Å². The quantitative estimate of drug-likeness (QED) is 0.387. The molecule has 4 heterocycles. The third kappa shape index (κ3) is 6.20. The highest BCUT2D eigenvalue weighted by molar-refractivity contribution is 6.01. The largest absolute Gasteiger partial charge is 0.379 e. The summed E-state index contributed by atoms with van der Waals surface area (Å²) in [5.74, 6) is -0.190. The van der Waals surface area contributed by atoms with Gasteiger partial charge in [0.25, 0.3) is 5.56 Å². The summed E-state index contributed by atoms with van der Waals surface area (Å²) < 4.78 is 1.38. The second-order valence-electron chi connectivity index (χ2n) is 14.0. The van der Waals surface area contributed by atoms with Crippen LogP contribution in [0.25, 0.3) is 0 Å². The minimum atomic E-state index is -0.256. The lowest BCUT2D eigenvalue weighted by atomic mass is 9.87. The molecule has 0 bridgehead atoms. The van der Waals surface area contributed by atoms with E-state index in [1.807, 2.05) is 19.1 Å². The fourth-order valence-corrected chi connectivity index (χ4v) is 7.85. The molecule has 3 atom stereocenters. The van der Waals surface area contributed by atoms with Crippen molar-refractivity contribution in [1.82, 2.24) is 24.9 Å². The van der Waals surface area contributed by atoms with Gasteiger partial charge in [-0.15, -0.1) is 0 Å². The molecule has 3 aromatic rings. The topological polar surface area (TPSA) is 103 Å². The smallest absolute Gasteiger partial charge is 0.271 e. The van der Waals surface area contributed by atoms with E-state index in [1.54, 1.807) is 13.2 Å². The number of benzene rings is 2. The number of nitrogens with zero attached hydrogens (tertiary/aromatic N) is 5. The van der Waals surface area contributed by atoms with Crippen LogP contribution in [0, 0.1) is 6.92 Å². The summed E-state index contributed by atoms with van der Waals surface area (Å²) in [4.78, 5) is 44.1. The van der Waals surface area contributed by atoms with Crippen LogP contribution < -0.4 is 21.1 Å². The van der Waals surface area contributed by atoms with Crippen LogP contribution in [-0.4, -0.2) is 82.7 Å². The van der Waals surface area contributed by atoms with Crippen LogP contribution in [0.5, 0.6) is 0 Å². The average Bonchev–Trinajstić information content (AvgIpc) is 3.82. The van der Waals surface area contributed by atoms with E-state index in [9.17, 15) is 14.4 Å². The van der Waals surface area contributed by atoms with Crippen LogP contribution in [0.15, 0.2) is 59.5 Å². The number of hydrogen-bond acceptors (Lipinski definition) is 8. The Kier molecular flexibility index (Phi) is 8.19. The molecule has 1 aliphatic carbocycles. The maximum absolute atomic E-state index is 12.5. The molecule has 10 heteroatoms. The van der Waals surface area contributed by atoms with Crippen molar-refractivity contribution in [2.45, 2.75) is 69.0 Å². The molecule has 46 heavy (non-hydrogen) atoms. The van der Waals surface area contributed by atoms with Gasteiger partial charge in [0, 0.05) is 75.6 Å². The van der Waals surface area contributed by atoms with Gasteiger partial charge in [0.15, 0.2) is 0 Å². The van der Waals surface area contributed by atoms with E-state index in [0.717, 1.165) is 56.9 Å². The molecule has 2 N–H and O–H groups in total. The van der Waals surface area contributed by atoms with E-state index in [2.05, 4.69) is 73.9 Å². The van der Waals surface area contributed by atoms with Gasteiger partial charge >= 0.3 is 0 Å². The molecule has 10 nitrogen and oxygen atoms in total. The second kappa shape index (κ2) is 12.3. The van der Waals surface area contributed by atoms with E-state index >= 15 is 0 Å². The molecule has 4 aliphatic rings. The zero-order chi connectivity index (χ0) is 32.0. The maximum Gasteiger partial charge on any atom is 0.271 e. The summed E-state index contributed by atoms with van der Waals surface area (Å²) in [6.45, 7) is 7.71. The minimum absolute atomic E-state index is 0.0605. The minimum Gasteiger partial charge on any atom is -0.379 e. The number of amides is 2. The molecule has 1 saturated carbocycles. The van der Waals surface area contributed by atoms with Gasteiger partial charge < -0.3 is 15.1 Å². The predicted molar refractivity (Wildman–Crippen MR) is 179 cm³/mol. The third-order valence-corrected chi connectivity index (χ3v) is 10.7. The van der Waals surface area contributed by atoms with Crippen LogP contribution in [0.2, 0.25) is 0 Å². The molecule has 2 amide bonds. The molecule has 1 spiro atoms. The molecule has 3 aliphatic heterocycles. The molecule has 242 valence electrons. The first-order chi connectivity index (χ1) is 22.2. The van der Waals surface area contributed by atoms with Gasteiger partial charge in [0.05, 0.1) is 17.8 Å². The van der Waals surface area contributed by atoms with Gasteiger partial charge in [-0.2, -0.15) is 5.10 Å². The van der Waals surface area contributed by atoms with Crippen molar-refractivity contribution in [1.29, 1.82) is 0 Å². The molecule has 4 fully saturated rings. The maximum atomic E-state index is 12.5. The molecule has 1 aromatic heterocycles. The Bertz CT molecular complexity index is 1680. The lowest BCUT2D eigenvalue weighted by Gasteiger charge is -2.43. The van der Waals surface area contributed by atoms with Crippen molar-refractivity contribution >= 4 is 23.2 Å². The number of rotatable bonds is 7. The Balaban J connectivity index is 0.976. The van der Waals surface area contributed by atoms with E-state index in [-0.39, 0.29) is 34.9 Å². The highest BCUT2D eigenvalue weighted by atomic mass is 16.2. The summed E-state index contributed by atoms with van der Waals surface area (Å²) >= 11 is 0. The number of hydrogen-bond donors (Lipinski definition) is 2. The number of aryl methyl sites for hydroxylation is 1. The number of imide groups is 1. The lowest BCUT2D eigenvalue weighted by molar-refractivity contribution is -0.134. The predicted octanol–water partition coefficient (Wildman–Crippen LogP) is 3.36. The normalized spacial score (nSPS) is 25.0. The van der Waals surface area contributed by atoms with E-state index in [1.165, 1.54) is 34.3 Å². The van der Waals surface area contributed by atoms with E-state index in [4.69, 9.17) is 0 Å². The molecule has 7 rings (SSSR count). The van der Waals surface area contributed by atoms with Gasteiger partial charge in [-0.25, -0.2) is 4.68 Å². The number of likely N-dealkylation sites (tertiary alicyclic amines) is 1. The van der Waals surface area contributed by atoms with Gasteiger partial charge in [-0.3, -0.25) is 24.6 Å². The van der Waals surface area contributed by atoms with Gasteiger partial charge in [-0.1, -0.05) is 36.4 Å². The number of carbonyl (C=O) groups is 2. The van der Waals surface area contributed by atoms with Crippen LogP contribution in [0.3, 0.4) is 0 Å². The Morgan fingerprint density at radius 2 is 1.80 bits per heavy atom. The number of piperazine rings is 1. The number of anilines is 2. The van der Waals surface area contributed by atoms with Crippen molar-refractivity contribution in [3.8, 4) is 0 Å². The van der Waals surface area contributed by atoms with Gasteiger partial charge in [0.1, 0.15) is 0 Å². The SMILES string of the molecule is Cc1c(NC2CC(c3ccc(CN4CCN(c5cccc(C6CCC(=O)NC6=O)c5)CC45CC5)cc3)CN(C)C2)cnn(C)c1=O. The summed E-state index contributed by atoms with van der Waals surface area (Å²) in [5, 5.41) is 10.3. The average molecular weight is 624 g/mol. The summed E-state index contributed by atoms with van der Waals surface area (Å²) in [6.07, 6.45) is 6.16. The summed E-state index contributed by atoms with van der Waals surface area (Å²) in [5.41, 5.74) is 6.57. The van der Waals surface area contributed by atoms with Crippen LogP contribution in [-0.2, 0) is 23.2 Å². The first-order valence-electron chi connectivity index (χ1n) is 16.7. The first-order valence-corrected chi connectivity index (χ1v) is 16.7. The number of nitrogens with one attached hydrogen (secondary N) is 2. The van der Waals surface area contributed by atoms with Crippen molar-refractivity contribution < 1.29 is 9.59 Å². The van der Waals surface area contributed by atoms with Crippen LogP contribution in [0.4, 0.5) is 11.4 Å². The lowest BCUT2D eigenvalue weighted by Crippen LogP contribution is -2.54. The van der Waals surface area contributed by atoms with Gasteiger partial charge in [0.2, 0.25) is 11.8 Å². The first kappa shape index (κ1) is 30.6. The molecule has 3 unspecified atom stereocenters. The molecule has 2 aromatic carbocycles.